The molecule has 0 N–H and O–H groups in total. The molecule has 0 unspecified atom stereocenters. The van der Waals surface area contributed by atoms with E-state index in [9.17, 15) is 0 Å². The summed E-state index contributed by atoms with van der Waals surface area (Å²) in [4.78, 5) is 0. The minimum atomic E-state index is 0.192. The van der Waals surface area contributed by atoms with Crippen LogP contribution in [0, 0.1) is 11.8 Å². The molecule has 1 heteroatoms. The summed E-state index contributed by atoms with van der Waals surface area (Å²) in [7, 11) is 0. The number of benzene rings is 1. The van der Waals surface area contributed by atoms with Crippen molar-refractivity contribution in [2.45, 2.75) is 51.2 Å². The lowest BCUT2D eigenvalue weighted by Crippen LogP contribution is -1.91. The van der Waals surface area contributed by atoms with Crippen LogP contribution < -0.4 is 0 Å². The van der Waals surface area contributed by atoms with Crippen molar-refractivity contribution in [3.63, 3.8) is 0 Å². The topological polar surface area (TPSA) is 12.5 Å². The van der Waals surface area contributed by atoms with Gasteiger partial charge in [-0.2, -0.15) is 0 Å². The number of hydrogen-bond acceptors (Lipinski definition) is 1. The van der Waals surface area contributed by atoms with Crippen LogP contribution in [0.2, 0.25) is 0 Å². The van der Waals surface area contributed by atoms with E-state index in [1.54, 1.807) is 0 Å². The van der Waals surface area contributed by atoms with Gasteiger partial charge in [-0.15, -0.1) is 0 Å². The molecule has 0 saturated carbocycles. The van der Waals surface area contributed by atoms with Crippen LogP contribution in [0.15, 0.2) is 30.3 Å². The van der Waals surface area contributed by atoms with E-state index in [1.807, 2.05) is 30.3 Å². The van der Waals surface area contributed by atoms with Gasteiger partial charge in [0.15, 0.2) is 0 Å². The van der Waals surface area contributed by atoms with Crippen molar-refractivity contribution in [2.24, 2.45) is 0 Å². The van der Waals surface area contributed by atoms with Gasteiger partial charge in [-0.05, 0) is 18.6 Å². The quantitative estimate of drug-likeness (QED) is 0.424. The van der Waals surface area contributed by atoms with E-state index in [2.05, 4.69) is 18.8 Å². The van der Waals surface area contributed by atoms with Crippen LogP contribution in [0.1, 0.15) is 44.6 Å². The highest BCUT2D eigenvalue weighted by molar-refractivity contribution is 5.35. The Morgan fingerprint density at radius 1 is 1.12 bits per heavy atom. The van der Waals surface area contributed by atoms with Gasteiger partial charge in [-0.1, -0.05) is 62.6 Å². The van der Waals surface area contributed by atoms with Crippen molar-refractivity contribution in [3.05, 3.63) is 35.9 Å². The maximum Gasteiger partial charge on any atom is 0.145 e. The van der Waals surface area contributed by atoms with Crippen molar-refractivity contribution < 1.29 is 4.74 Å². The van der Waals surface area contributed by atoms with Crippen LogP contribution in [0.25, 0.3) is 0 Å². The zero-order valence-electron chi connectivity index (χ0n) is 10.5. The highest BCUT2D eigenvalue weighted by Gasteiger charge is 2.36. The third kappa shape index (κ3) is 4.24. The van der Waals surface area contributed by atoms with Crippen LogP contribution in [0.4, 0.5) is 0 Å². The van der Waals surface area contributed by atoms with Crippen molar-refractivity contribution in [1.29, 1.82) is 0 Å². The molecule has 17 heavy (non-hydrogen) atoms. The standard InChI is InChI=1S/C16H20O/c1-2-3-4-8-11-15-16(17-15)13-12-14-9-6-5-7-10-14/h5-7,9-10,15-16H,2-4,8,11H2,1H3/t15-,16+/m1/s1. The number of hydrogen-bond donors (Lipinski definition) is 0. The number of rotatable bonds is 5. The lowest BCUT2D eigenvalue weighted by atomic mass is 10.1. The third-order valence-corrected chi connectivity index (χ3v) is 3.06. The molecule has 1 saturated heterocycles. The molecular weight excluding hydrogens is 208 g/mol. The van der Waals surface area contributed by atoms with E-state index in [0.717, 1.165) is 5.56 Å². The first-order chi connectivity index (χ1) is 8.40. The number of epoxide rings is 1. The Labute approximate surface area is 104 Å². The molecule has 1 aromatic carbocycles. The highest BCUT2D eigenvalue weighted by Crippen LogP contribution is 2.26. The minimum absolute atomic E-state index is 0.192. The van der Waals surface area contributed by atoms with Crippen molar-refractivity contribution in [2.75, 3.05) is 0 Å². The van der Waals surface area contributed by atoms with Crippen LogP contribution in [-0.4, -0.2) is 12.2 Å². The van der Waals surface area contributed by atoms with E-state index >= 15 is 0 Å². The van der Waals surface area contributed by atoms with E-state index in [4.69, 9.17) is 4.74 Å². The first kappa shape index (κ1) is 12.2. The molecule has 1 aliphatic rings. The van der Waals surface area contributed by atoms with Gasteiger partial charge in [-0.25, -0.2) is 0 Å². The summed E-state index contributed by atoms with van der Waals surface area (Å²) >= 11 is 0. The molecule has 90 valence electrons. The van der Waals surface area contributed by atoms with Gasteiger partial charge in [0.05, 0.1) is 6.10 Å². The van der Waals surface area contributed by atoms with Crippen molar-refractivity contribution in [3.8, 4) is 11.8 Å². The zero-order chi connectivity index (χ0) is 11.9. The van der Waals surface area contributed by atoms with Gasteiger partial charge in [0.25, 0.3) is 0 Å². The smallest absolute Gasteiger partial charge is 0.145 e. The molecule has 0 amide bonds. The van der Waals surface area contributed by atoms with E-state index in [1.165, 1.54) is 32.1 Å². The molecule has 1 aliphatic heterocycles. The second-order valence-electron chi connectivity index (χ2n) is 4.58. The summed E-state index contributed by atoms with van der Waals surface area (Å²) in [6, 6.07) is 10.1. The molecule has 1 aromatic rings. The maximum atomic E-state index is 5.55. The minimum Gasteiger partial charge on any atom is -0.356 e. The highest BCUT2D eigenvalue weighted by atomic mass is 16.6. The van der Waals surface area contributed by atoms with Gasteiger partial charge in [-0.3, -0.25) is 0 Å². The Bertz CT molecular complexity index is 385. The molecule has 0 radical (unpaired) electrons. The maximum absolute atomic E-state index is 5.55. The monoisotopic (exact) mass is 228 g/mol. The van der Waals surface area contributed by atoms with Gasteiger partial charge in [0.1, 0.15) is 6.10 Å². The Morgan fingerprint density at radius 3 is 2.71 bits per heavy atom. The van der Waals surface area contributed by atoms with E-state index in [-0.39, 0.29) is 6.10 Å². The number of ether oxygens (including phenoxy) is 1. The number of unbranched alkanes of at least 4 members (excludes halogenated alkanes) is 3. The fraction of sp³-hybridized carbons (Fsp3) is 0.500. The second kappa shape index (κ2) is 6.47. The first-order valence-electron chi connectivity index (χ1n) is 6.62. The molecule has 0 bridgehead atoms. The van der Waals surface area contributed by atoms with Gasteiger partial charge in [0, 0.05) is 5.56 Å². The summed E-state index contributed by atoms with van der Waals surface area (Å²) in [5.74, 6) is 6.35. The largest absolute Gasteiger partial charge is 0.356 e. The van der Waals surface area contributed by atoms with Crippen LogP contribution in [-0.2, 0) is 4.74 Å². The molecular formula is C16H20O. The summed E-state index contributed by atoms with van der Waals surface area (Å²) in [5.41, 5.74) is 1.08. The normalized spacial score (nSPS) is 21.7. The third-order valence-electron chi connectivity index (χ3n) is 3.06. The predicted octanol–water partition coefficient (Wildman–Crippen LogP) is 3.78. The molecule has 0 aliphatic carbocycles. The summed E-state index contributed by atoms with van der Waals surface area (Å²) in [5, 5.41) is 0. The predicted molar refractivity (Wildman–Crippen MR) is 70.7 cm³/mol. The molecule has 1 nitrogen and oxygen atoms in total. The zero-order valence-corrected chi connectivity index (χ0v) is 10.5. The Morgan fingerprint density at radius 2 is 1.94 bits per heavy atom. The lowest BCUT2D eigenvalue weighted by molar-refractivity contribution is 0.375. The van der Waals surface area contributed by atoms with Crippen LogP contribution in [0.3, 0.4) is 0 Å². The fourth-order valence-electron chi connectivity index (χ4n) is 1.94. The van der Waals surface area contributed by atoms with E-state index < -0.39 is 0 Å². The van der Waals surface area contributed by atoms with Crippen molar-refractivity contribution >= 4 is 0 Å². The van der Waals surface area contributed by atoms with Crippen LogP contribution in [0.5, 0.6) is 0 Å². The Hall–Kier alpha value is -1.26. The summed E-state index contributed by atoms with van der Waals surface area (Å²) in [6.45, 7) is 2.24. The van der Waals surface area contributed by atoms with Gasteiger partial charge >= 0.3 is 0 Å². The average molecular weight is 228 g/mol. The molecule has 0 spiro atoms. The molecule has 2 rings (SSSR count). The lowest BCUT2D eigenvalue weighted by Gasteiger charge is -1.94. The van der Waals surface area contributed by atoms with Crippen molar-refractivity contribution in [1.82, 2.24) is 0 Å². The molecule has 1 heterocycles. The molecule has 0 aromatic heterocycles. The summed E-state index contributed by atoms with van der Waals surface area (Å²) in [6.07, 6.45) is 7.01. The van der Waals surface area contributed by atoms with Crippen LogP contribution >= 0.6 is 0 Å². The summed E-state index contributed by atoms with van der Waals surface area (Å²) < 4.78 is 5.55. The first-order valence-corrected chi connectivity index (χ1v) is 6.62. The van der Waals surface area contributed by atoms with Gasteiger partial charge < -0.3 is 4.74 Å². The SMILES string of the molecule is CCCCCC[C@H]1O[C@H]1C#Cc1ccccc1. The average Bonchev–Trinajstić information content (AvgIpc) is 3.12. The second-order valence-corrected chi connectivity index (χ2v) is 4.58. The molecule has 1 fully saturated rings. The van der Waals surface area contributed by atoms with Gasteiger partial charge in [0.2, 0.25) is 0 Å². The Kier molecular flexibility index (Phi) is 4.64. The fourth-order valence-corrected chi connectivity index (χ4v) is 1.94. The van der Waals surface area contributed by atoms with E-state index in [0.29, 0.717) is 6.10 Å². The molecule has 2 atom stereocenters. The Balaban J connectivity index is 1.68.